The number of fused-ring (bicyclic) bond motifs is 1. The fourth-order valence-corrected chi connectivity index (χ4v) is 3.59. The van der Waals surface area contributed by atoms with E-state index < -0.39 is 0 Å². The number of ether oxygens (including phenoxy) is 1. The summed E-state index contributed by atoms with van der Waals surface area (Å²) in [5.74, 6) is 1.60. The molecule has 5 rings (SSSR count). The number of benzene rings is 2. The summed E-state index contributed by atoms with van der Waals surface area (Å²) < 4.78 is 7.84. The molecule has 1 unspecified atom stereocenters. The molecule has 1 fully saturated rings. The highest BCUT2D eigenvalue weighted by atomic mass is 35.5. The average molecular weight is 408 g/mol. The topological polar surface area (TPSA) is 64.9 Å². The van der Waals surface area contributed by atoms with E-state index in [1.165, 1.54) is 0 Å². The molecule has 1 atom stereocenters. The normalized spacial score (nSPS) is 16.5. The lowest BCUT2D eigenvalue weighted by atomic mass is 10.1. The molecule has 7 heteroatoms. The van der Waals surface area contributed by atoms with Gasteiger partial charge in [-0.05, 0) is 12.1 Å². The summed E-state index contributed by atoms with van der Waals surface area (Å²) in [6.45, 7) is 2.44. The highest BCUT2D eigenvalue weighted by molar-refractivity contribution is 5.86. The van der Waals surface area contributed by atoms with Gasteiger partial charge in [-0.1, -0.05) is 48.5 Å². The fourth-order valence-electron chi connectivity index (χ4n) is 3.59. The maximum atomic E-state index is 5.92. The number of aromatic nitrogens is 4. The van der Waals surface area contributed by atoms with Crippen LogP contribution in [-0.4, -0.2) is 45.5 Å². The SMILES string of the molecule is Cl.c1ccc(-c2nc(CC3CNCCO3)n(-c3cccc4cccnc34)n2)cc1. The Hall–Kier alpha value is -2.80. The molecule has 1 N–H and O–H groups in total. The van der Waals surface area contributed by atoms with Gasteiger partial charge in [-0.25, -0.2) is 9.67 Å². The second-order valence-corrected chi connectivity index (χ2v) is 6.88. The molecule has 4 aromatic rings. The van der Waals surface area contributed by atoms with E-state index in [2.05, 4.69) is 22.4 Å². The number of hydrogen-bond donors (Lipinski definition) is 1. The molecular formula is C22H22ClN5O. The maximum Gasteiger partial charge on any atom is 0.181 e. The van der Waals surface area contributed by atoms with Crippen LogP contribution in [0.2, 0.25) is 0 Å². The van der Waals surface area contributed by atoms with Gasteiger partial charge in [0.2, 0.25) is 0 Å². The Bertz CT molecular complexity index is 1090. The molecule has 1 aliphatic heterocycles. The zero-order valence-corrected chi connectivity index (χ0v) is 16.7. The Morgan fingerprint density at radius 2 is 1.90 bits per heavy atom. The lowest BCUT2D eigenvalue weighted by molar-refractivity contribution is 0.0277. The monoisotopic (exact) mass is 407 g/mol. The van der Waals surface area contributed by atoms with Gasteiger partial charge in [0.15, 0.2) is 5.82 Å². The zero-order chi connectivity index (χ0) is 18.8. The van der Waals surface area contributed by atoms with E-state index in [1.807, 2.05) is 59.4 Å². The minimum Gasteiger partial charge on any atom is -0.375 e. The van der Waals surface area contributed by atoms with Crippen LogP contribution in [-0.2, 0) is 11.2 Å². The number of nitrogens with one attached hydrogen (secondary N) is 1. The zero-order valence-electron chi connectivity index (χ0n) is 15.9. The summed E-state index contributed by atoms with van der Waals surface area (Å²) in [5.41, 5.74) is 2.85. The average Bonchev–Trinajstić information content (AvgIpc) is 3.18. The molecule has 0 bridgehead atoms. The van der Waals surface area contributed by atoms with Crippen molar-refractivity contribution < 1.29 is 4.74 Å². The number of nitrogens with zero attached hydrogens (tertiary/aromatic N) is 4. The van der Waals surface area contributed by atoms with Gasteiger partial charge in [-0.2, -0.15) is 0 Å². The van der Waals surface area contributed by atoms with Gasteiger partial charge >= 0.3 is 0 Å². The van der Waals surface area contributed by atoms with E-state index in [4.69, 9.17) is 14.8 Å². The third-order valence-electron chi connectivity index (χ3n) is 4.96. The molecule has 0 saturated carbocycles. The smallest absolute Gasteiger partial charge is 0.181 e. The van der Waals surface area contributed by atoms with E-state index in [0.29, 0.717) is 12.2 Å². The predicted molar refractivity (Wildman–Crippen MR) is 116 cm³/mol. The molecular weight excluding hydrogens is 386 g/mol. The number of para-hydroxylation sites is 1. The van der Waals surface area contributed by atoms with Crippen molar-refractivity contribution in [2.45, 2.75) is 12.5 Å². The van der Waals surface area contributed by atoms with Crippen LogP contribution in [0.25, 0.3) is 28.0 Å². The quantitative estimate of drug-likeness (QED) is 0.561. The van der Waals surface area contributed by atoms with Crippen LogP contribution in [0.3, 0.4) is 0 Å². The summed E-state index contributed by atoms with van der Waals surface area (Å²) in [4.78, 5) is 9.47. The second kappa shape index (κ2) is 8.69. The largest absolute Gasteiger partial charge is 0.375 e. The van der Waals surface area contributed by atoms with Gasteiger partial charge in [0.05, 0.1) is 23.9 Å². The summed E-state index contributed by atoms with van der Waals surface area (Å²) in [7, 11) is 0. The summed E-state index contributed by atoms with van der Waals surface area (Å²) in [6, 6.07) is 20.2. The number of hydrogen-bond acceptors (Lipinski definition) is 5. The third-order valence-corrected chi connectivity index (χ3v) is 4.96. The molecule has 0 amide bonds. The number of pyridine rings is 1. The van der Waals surface area contributed by atoms with Crippen molar-refractivity contribution in [3.05, 3.63) is 72.7 Å². The second-order valence-electron chi connectivity index (χ2n) is 6.88. The van der Waals surface area contributed by atoms with Gasteiger partial charge in [-0.15, -0.1) is 17.5 Å². The van der Waals surface area contributed by atoms with Crippen LogP contribution in [0.4, 0.5) is 0 Å². The van der Waals surface area contributed by atoms with E-state index in [-0.39, 0.29) is 18.5 Å². The van der Waals surface area contributed by atoms with Crippen molar-refractivity contribution in [2.75, 3.05) is 19.7 Å². The molecule has 29 heavy (non-hydrogen) atoms. The maximum absolute atomic E-state index is 5.92. The third kappa shape index (κ3) is 4.00. The van der Waals surface area contributed by atoms with Crippen molar-refractivity contribution in [1.82, 2.24) is 25.1 Å². The van der Waals surface area contributed by atoms with Gasteiger partial charge < -0.3 is 10.1 Å². The molecule has 1 aliphatic rings. The van der Waals surface area contributed by atoms with E-state index in [0.717, 1.165) is 47.7 Å². The number of rotatable bonds is 4. The Balaban J connectivity index is 0.00000205. The summed E-state index contributed by atoms with van der Waals surface area (Å²) >= 11 is 0. The molecule has 0 spiro atoms. The van der Waals surface area contributed by atoms with Gasteiger partial charge in [-0.3, -0.25) is 4.98 Å². The van der Waals surface area contributed by atoms with Crippen LogP contribution in [0.15, 0.2) is 66.9 Å². The van der Waals surface area contributed by atoms with Crippen molar-refractivity contribution in [2.24, 2.45) is 0 Å². The van der Waals surface area contributed by atoms with Crippen LogP contribution >= 0.6 is 12.4 Å². The van der Waals surface area contributed by atoms with E-state index in [1.54, 1.807) is 0 Å². The Morgan fingerprint density at radius 3 is 2.72 bits per heavy atom. The number of halogens is 1. The molecule has 1 saturated heterocycles. The van der Waals surface area contributed by atoms with Crippen LogP contribution in [0, 0.1) is 0 Å². The molecule has 2 aromatic heterocycles. The minimum absolute atomic E-state index is 0. The molecule has 0 radical (unpaired) electrons. The lowest BCUT2D eigenvalue weighted by Gasteiger charge is -2.23. The van der Waals surface area contributed by atoms with Crippen LogP contribution in [0.1, 0.15) is 5.82 Å². The first kappa shape index (κ1) is 19.5. The first-order valence-electron chi connectivity index (χ1n) is 9.56. The summed E-state index contributed by atoms with van der Waals surface area (Å²) in [5, 5.41) is 9.33. The lowest BCUT2D eigenvalue weighted by Crippen LogP contribution is -2.40. The molecule has 2 aromatic carbocycles. The molecule has 3 heterocycles. The van der Waals surface area contributed by atoms with Crippen molar-refractivity contribution in [1.29, 1.82) is 0 Å². The number of morpholine rings is 1. The van der Waals surface area contributed by atoms with Gasteiger partial charge in [0.1, 0.15) is 5.82 Å². The van der Waals surface area contributed by atoms with Crippen LogP contribution < -0.4 is 5.32 Å². The van der Waals surface area contributed by atoms with Gasteiger partial charge in [0, 0.05) is 36.7 Å². The first-order chi connectivity index (χ1) is 13.9. The highest BCUT2D eigenvalue weighted by Crippen LogP contribution is 2.24. The summed E-state index contributed by atoms with van der Waals surface area (Å²) in [6.07, 6.45) is 2.59. The Labute approximate surface area is 175 Å². The minimum atomic E-state index is 0. The highest BCUT2D eigenvalue weighted by Gasteiger charge is 2.21. The molecule has 0 aliphatic carbocycles. The van der Waals surface area contributed by atoms with Crippen molar-refractivity contribution >= 4 is 23.3 Å². The van der Waals surface area contributed by atoms with E-state index in [9.17, 15) is 0 Å². The van der Waals surface area contributed by atoms with Crippen molar-refractivity contribution in [3.8, 4) is 17.1 Å². The predicted octanol–water partition coefficient (Wildman–Crippen LogP) is 3.44. The standard InChI is InChI=1S/C22H21N5O.ClH/c1-2-6-17(7-3-1)22-25-20(14-18-15-23-12-13-28-18)27(26-22)19-10-4-8-16-9-5-11-24-21(16)19;/h1-11,18,23H,12-15H2;1H. The van der Waals surface area contributed by atoms with Crippen molar-refractivity contribution in [3.63, 3.8) is 0 Å². The Kier molecular flexibility index (Phi) is 5.85. The first-order valence-corrected chi connectivity index (χ1v) is 9.56. The van der Waals surface area contributed by atoms with E-state index >= 15 is 0 Å². The Morgan fingerprint density at radius 1 is 1.03 bits per heavy atom. The molecule has 148 valence electrons. The molecule has 6 nitrogen and oxygen atoms in total. The fraction of sp³-hybridized carbons (Fsp3) is 0.227. The van der Waals surface area contributed by atoms with Gasteiger partial charge in [0.25, 0.3) is 0 Å². The van der Waals surface area contributed by atoms with Crippen LogP contribution in [0.5, 0.6) is 0 Å².